The van der Waals surface area contributed by atoms with Gasteiger partial charge in [0.15, 0.2) is 11.2 Å². The van der Waals surface area contributed by atoms with Crippen LogP contribution in [-0.2, 0) is 16.7 Å². The van der Waals surface area contributed by atoms with Crippen molar-refractivity contribution in [1.29, 1.82) is 0 Å². The Morgan fingerprint density at radius 2 is 1.94 bits per heavy atom. The molecule has 2 aromatic heterocycles. The van der Waals surface area contributed by atoms with Crippen LogP contribution in [0, 0.1) is 5.82 Å². The first-order chi connectivity index (χ1) is 15.5. The number of aromatic nitrogens is 4. The summed E-state index contributed by atoms with van der Waals surface area (Å²) < 4.78 is 53.5. The van der Waals surface area contributed by atoms with Crippen LogP contribution in [0.15, 0.2) is 24.5 Å². The zero-order valence-corrected chi connectivity index (χ0v) is 20.2. The maximum absolute atomic E-state index is 14.5. The van der Waals surface area contributed by atoms with E-state index in [1.165, 1.54) is 6.07 Å². The predicted octanol–water partition coefficient (Wildman–Crippen LogP) is 4.20. The minimum Gasteiger partial charge on any atom is -0.491 e. The Morgan fingerprint density at radius 3 is 2.52 bits per heavy atom. The van der Waals surface area contributed by atoms with Crippen molar-refractivity contribution in [1.82, 2.24) is 19.5 Å². The van der Waals surface area contributed by atoms with E-state index in [4.69, 9.17) is 14.0 Å². The Labute approximate surface area is 192 Å². The Balaban J connectivity index is 0.000000696. The topological polar surface area (TPSA) is 128 Å². The highest BCUT2D eigenvalue weighted by molar-refractivity contribution is 7.85. The summed E-state index contributed by atoms with van der Waals surface area (Å²) in [6, 6.07) is 4.66. The maximum Gasteiger partial charge on any atom is 0.261 e. The summed E-state index contributed by atoms with van der Waals surface area (Å²) in [6.07, 6.45) is 4.49. The summed E-state index contributed by atoms with van der Waals surface area (Å²) in [5, 5.41) is 2.94. The first-order valence-corrected chi connectivity index (χ1v) is 12.4. The fourth-order valence-electron chi connectivity index (χ4n) is 2.77. The zero-order chi connectivity index (χ0) is 24.6. The molecule has 0 saturated heterocycles. The number of halogens is 1. The van der Waals surface area contributed by atoms with Crippen molar-refractivity contribution < 1.29 is 26.8 Å². The van der Waals surface area contributed by atoms with E-state index in [0.29, 0.717) is 35.7 Å². The molecule has 0 saturated carbocycles. The van der Waals surface area contributed by atoms with Crippen LogP contribution < -0.4 is 14.8 Å². The van der Waals surface area contributed by atoms with E-state index in [0.717, 1.165) is 19.4 Å². The van der Waals surface area contributed by atoms with Crippen molar-refractivity contribution in [3.63, 3.8) is 0 Å². The number of hydrogen-bond acceptors (Lipinski definition) is 8. The van der Waals surface area contributed by atoms with Crippen LogP contribution in [0.4, 0.5) is 16.0 Å². The predicted molar refractivity (Wildman–Crippen MR) is 124 cm³/mol. The molecule has 182 valence electrons. The van der Waals surface area contributed by atoms with Crippen LogP contribution in [0.2, 0.25) is 0 Å². The first kappa shape index (κ1) is 26.3. The van der Waals surface area contributed by atoms with Crippen LogP contribution in [0.3, 0.4) is 0 Å². The molecule has 3 aromatic rings. The molecule has 1 aromatic carbocycles. The molecule has 0 fully saturated rings. The van der Waals surface area contributed by atoms with Gasteiger partial charge in [0.2, 0.25) is 11.8 Å². The normalized spacial score (nSPS) is 11.3. The van der Waals surface area contributed by atoms with Crippen molar-refractivity contribution in [2.24, 2.45) is 0 Å². The van der Waals surface area contributed by atoms with Gasteiger partial charge in [0, 0.05) is 12.6 Å². The minimum atomic E-state index is -3.67. The molecule has 0 atom stereocenters. The fraction of sp³-hybridized carbons (Fsp3) is 0.476. The maximum atomic E-state index is 14.5. The van der Waals surface area contributed by atoms with Gasteiger partial charge in [-0.3, -0.25) is 4.55 Å². The monoisotopic (exact) mass is 483 g/mol. The number of unbranched alkanes of at least 4 members (excludes halogenated alkanes) is 1. The van der Waals surface area contributed by atoms with Gasteiger partial charge in [-0.2, -0.15) is 18.4 Å². The summed E-state index contributed by atoms with van der Waals surface area (Å²) >= 11 is 0. The number of nitrogens with one attached hydrogen (secondary N) is 1. The Kier molecular flexibility index (Phi) is 9.35. The minimum absolute atomic E-state index is 0.0268. The number of imidazole rings is 1. The fourth-order valence-corrected chi connectivity index (χ4v) is 2.77. The molecule has 0 aliphatic rings. The highest BCUT2D eigenvalue weighted by Crippen LogP contribution is 2.27. The van der Waals surface area contributed by atoms with Gasteiger partial charge >= 0.3 is 0 Å². The number of anilines is 2. The van der Waals surface area contributed by atoms with Crippen LogP contribution >= 0.6 is 0 Å². The van der Waals surface area contributed by atoms with Crippen molar-refractivity contribution >= 4 is 32.9 Å². The van der Waals surface area contributed by atoms with Gasteiger partial charge in [0.25, 0.3) is 10.1 Å². The van der Waals surface area contributed by atoms with Crippen LogP contribution in [0.1, 0.15) is 40.5 Å². The average molecular weight is 484 g/mol. The third-order valence-corrected chi connectivity index (χ3v) is 4.02. The Bertz CT molecular complexity index is 1160. The second kappa shape index (κ2) is 11.8. The Hall–Kier alpha value is -2.99. The third-order valence-electron chi connectivity index (χ3n) is 4.02. The SMILES string of the molecule is CCCCn1cnc2c(OCC)nc(Nc3ccc(OC(C)C)cc3F)nc21.CS(=O)(=O)O. The first-order valence-electron chi connectivity index (χ1n) is 10.5. The molecule has 3 rings (SSSR count). The average Bonchev–Trinajstić information content (AvgIpc) is 3.10. The molecule has 0 radical (unpaired) electrons. The van der Waals surface area contributed by atoms with Gasteiger partial charge in [0.1, 0.15) is 11.6 Å². The quantitative estimate of drug-likeness (QED) is 0.430. The number of ether oxygens (including phenoxy) is 2. The van der Waals surface area contributed by atoms with E-state index in [1.807, 2.05) is 25.3 Å². The highest BCUT2D eigenvalue weighted by atomic mass is 32.2. The summed E-state index contributed by atoms with van der Waals surface area (Å²) in [5.74, 6) is 0.664. The Morgan fingerprint density at radius 1 is 1.24 bits per heavy atom. The van der Waals surface area contributed by atoms with Gasteiger partial charge in [0.05, 0.1) is 31.0 Å². The lowest BCUT2D eigenvalue weighted by Gasteiger charge is -2.12. The highest BCUT2D eigenvalue weighted by Gasteiger charge is 2.15. The molecular weight excluding hydrogens is 453 g/mol. The lowest BCUT2D eigenvalue weighted by Crippen LogP contribution is -2.07. The van der Waals surface area contributed by atoms with Crippen LogP contribution in [-0.4, -0.2) is 51.5 Å². The van der Waals surface area contributed by atoms with E-state index in [9.17, 15) is 12.8 Å². The lowest BCUT2D eigenvalue weighted by molar-refractivity contribution is 0.241. The summed E-state index contributed by atoms with van der Waals surface area (Å²) in [4.78, 5) is 13.3. The summed E-state index contributed by atoms with van der Waals surface area (Å²) in [5.41, 5.74) is 1.52. The van der Waals surface area contributed by atoms with Crippen LogP contribution in [0.5, 0.6) is 11.6 Å². The lowest BCUT2D eigenvalue weighted by atomic mass is 10.3. The second-order valence-corrected chi connectivity index (χ2v) is 8.88. The van der Waals surface area contributed by atoms with E-state index in [-0.39, 0.29) is 17.7 Å². The van der Waals surface area contributed by atoms with Crippen molar-refractivity contribution in [2.45, 2.75) is 53.2 Å². The molecule has 10 nitrogen and oxygen atoms in total. The van der Waals surface area contributed by atoms with E-state index >= 15 is 0 Å². The molecule has 0 bridgehead atoms. The third kappa shape index (κ3) is 8.46. The molecule has 0 amide bonds. The molecule has 12 heteroatoms. The van der Waals surface area contributed by atoms with Crippen LogP contribution in [0.25, 0.3) is 11.2 Å². The summed E-state index contributed by atoms with van der Waals surface area (Å²) in [6.45, 7) is 9.03. The van der Waals surface area contributed by atoms with Crippen molar-refractivity contribution in [3.8, 4) is 11.6 Å². The molecule has 2 heterocycles. The largest absolute Gasteiger partial charge is 0.491 e. The smallest absolute Gasteiger partial charge is 0.261 e. The van der Waals surface area contributed by atoms with E-state index in [1.54, 1.807) is 18.5 Å². The molecule has 33 heavy (non-hydrogen) atoms. The van der Waals surface area contributed by atoms with Gasteiger partial charge in [-0.1, -0.05) is 13.3 Å². The number of benzene rings is 1. The summed E-state index contributed by atoms with van der Waals surface area (Å²) in [7, 11) is -3.67. The zero-order valence-electron chi connectivity index (χ0n) is 19.4. The molecule has 2 N–H and O–H groups in total. The molecule has 0 spiro atoms. The van der Waals surface area contributed by atoms with Gasteiger partial charge in [-0.05, 0) is 39.3 Å². The van der Waals surface area contributed by atoms with Crippen molar-refractivity contribution in [2.75, 3.05) is 18.2 Å². The molecular formula is C21H30FN5O5S. The number of nitrogens with zero attached hydrogens (tertiary/aromatic N) is 4. The van der Waals surface area contributed by atoms with Gasteiger partial charge < -0.3 is 19.4 Å². The molecule has 0 aliphatic carbocycles. The van der Waals surface area contributed by atoms with Crippen molar-refractivity contribution in [3.05, 3.63) is 30.3 Å². The van der Waals surface area contributed by atoms with E-state index in [2.05, 4.69) is 27.2 Å². The standard InChI is InChI=1S/C20H26FN5O2.CH4O3S/c1-5-7-10-26-12-22-17-18(26)24-20(25-19(17)27-6-2)23-16-9-8-14(11-15(16)21)28-13(3)4;1-5(2,3)4/h8-9,11-13H,5-7,10H2,1-4H3,(H,23,24,25);1H3,(H,2,3,4). The number of hydrogen-bond donors (Lipinski definition) is 2. The molecule has 0 unspecified atom stereocenters. The molecule has 0 aliphatic heterocycles. The van der Waals surface area contributed by atoms with E-state index < -0.39 is 15.9 Å². The number of rotatable bonds is 9. The van der Waals surface area contributed by atoms with Gasteiger partial charge in [-0.25, -0.2) is 9.37 Å². The number of aryl methyl sites for hydroxylation is 1. The number of fused-ring (bicyclic) bond motifs is 1. The second-order valence-electron chi connectivity index (χ2n) is 7.42. The van der Waals surface area contributed by atoms with Gasteiger partial charge in [-0.15, -0.1) is 0 Å².